The van der Waals surface area contributed by atoms with Crippen LogP contribution >= 0.6 is 0 Å². The summed E-state index contributed by atoms with van der Waals surface area (Å²) in [6.07, 6.45) is 1.79. The summed E-state index contributed by atoms with van der Waals surface area (Å²) >= 11 is 0. The molecule has 0 aliphatic rings. The van der Waals surface area contributed by atoms with Crippen LogP contribution in [0.5, 0.6) is 11.5 Å². The fourth-order valence-electron chi connectivity index (χ4n) is 1.62. The van der Waals surface area contributed by atoms with Gasteiger partial charge in [-0.05, 0) is 36.1 Å². The van der Waals surface area contributed by atoms with Crippen LogP contribution in [-0.4, -0.2) is 10.2 Å². The van der Waals surface area contributed by atoms with Crippen molar-refractivity contribution in [3.63, 3.8) is 0 Å². The normalized spacial score (nSPS) is 8.95. The van der Waals surface area contributed by atoms with E-state index < -0.39 is 0 Å². The molecule has 0 saturated carbocycles. The minimum Gasteiger partial charge on any atom is -0.508 e. The molecule has 100 valence electrons. The van der Waals surface area contributed by atoms with Crippen LogP contribution < -0.4 is 0 Å². The third kappa shape index (κ3) is 6.07. The van der Waals surface area contributed by atoms with E-state index in [-0.39, 0.29) is 26.2 Å². The van der Waals surface area contributed by atoms with Crippen LogP contribution in [0.2, 0.25) is 0 Å². The Hall–Kier alpha value is -1.08. The second-order valence-corrected chi connectivity index (χ2v) is 3.96. The van der Waals surface area contributed by atoms with E-state index in [0.717, 1.165) is 24.0 Å². The quantitative estimate of drug-likeness (QED) is 0.873. The Balaban J connectivity index is 0.000000324. The fourth-order valence-corrected chi connectivity index (χ4v) is 1.62. The molecule has 0 aromatic heterocycles. The monoisotopic (exact) mass is 334 g/mol. The summed E-state index contributed by atoms with van der Waals surface area (Å²) in [5.74, 6) is 0.806. The summed E-state index contributed by atoms with van der Waals surface area (Å²) in [6, 6.07) is 14.8. The number of hydrogen-bond donors (Lipinski definition) is 2. The molecule has 0 fully saturated rings. The molecule has 0 heterocycles. The summed E-state index contributed by atoms with van der Waals surface area (Å²) in [5, 5.41) is 18.2. The van der Waals surface area contributed by atoms with Crippen LogP contribution in [-0.2, 0) is 39.0 Å². The van der Waals surface area contributed by atoms with Crippen molar-refractivity contribution in [2.75, 3.05) is 0 Å². The third-order valence-electron chi connectivity index (χ3n) is 2.75. The van der Waals surface area contributed by atoms with Gasteiger partial charge in [-0.3, -0.25) is 0 Å². The maximum Gasteiger partial charge on any atom is 0.118 e. The average Bonchev–Trinajstić information content (AvgIpc) is 2.41. The Labute approximate surface area is 134 Å². The second-order valence-electron chi connectivity index (χ2n) is 3.96. The minimum absolute atomic E-state index is 0. The van der Waals surface area contributed by atoms with Crippen molar-refractivity contribution in [1.82, 2.24) is 0 Å². The van der Waals surface area contributed by atoms with E-state index in [4.69, 9.17) is 10.2 Å². The number of phenolic OH excluding ortho intramolecular Hbond substituents is 2. The average molecular weight is 336 g/mol. The van der Waals surface area contributed by atoms with Gasteiger partial charge in [-0.2, -0.15) is 0 Å². The van der Waals surface area contributed by atoms with E-state index in [1.54, 1.807) is 12.1 Å². The van der Waals surface area contributed by atoms with E-state index in [2.05, 4.69) is 0 Å². The van der Waals surface area contributed by atoms with Crippen molar-refractivity contribution in [3.8, 4) is 11.5 Å². The molecule has 0 aliphatic heterocycles. The van der Waals surface area contributed by atoms with Crippen LogP contribution in [0.15, 0.2) is 48.5 Å². The molecule has 0 amide bonds. The summed E-state index contributed by atoms with van der Waals surface area (Å²) in [5.41, 5.74) is 2.02. The Morgan fingerprint density at radius 2 is 1.00 bits per heavy atom. The maximum atomic E-state index is 9.11. The fraction of sp³-hybridized carbons (Fsp3) is 0.250. The van der Waals surface area contributed by atoms with E-state index >= 15 is 0 Å². The first-order valence-electron chi connectivity index (χ1n) is 6.22. The van der Waals surface area contributed by atoms with Crippen LogP contribution in [0.1, 0.15) is 25.0 Å². The van der Waals surface area contributed by atoms with Gasteiger partial charge in [-0.1, -0.05) is 50.2 Å². The number of hydrogen-bond acceptors (Lipinski definition) is 2. The summed E-state index contributed by atoms with van der Waals surface area (Å²) in [6.45, 7) is 4.05. The molecule has 2 N–H and O–H groups in total. The van der Waals surface area contributed by atoms with Crippen molar-refractivity contribution in [1.29, 1.82) is 0 Å². The van der Waals surface area contributed by atoms with Gasteiger partial charge >= 0.3 is 0 Å². The van der Waals surface area contributed by atoms with Gasteiger partial charge in [0.1, 0.15) is 11.5 Å². The van der Waals surface area contributed by atoms with Gasteiger partial charge in [-0.15, -0.1) is 0 Å². The number of aromatic hydroxyl groups is 2. The van der Waals surface area contributed by atoms with Crippen LogP contribution in [0.4, 0.5) is 0 Å². The van der Waals surface area contributed by atoms with Gasteiger partial charge in [0.05, 0.1) is 0 Å². The molecular weight excluding hydrogens is 315 g/mol. The molecule has 2 aromatic rings. The van der Waals surface area contributed by atoms with E-state index in [0.29, 0.717) is 11.5 Å². The molecule has 19 heavy (non-hydrogen) atoms. The SMILES string of the molecule is CCc1ccccc1O.CCc1ccccc1O.[Zr]. The van der Waals surface area contributed by atoms with E-state index in [1.165, 1.54) is 0 Å². The van der Waals surface area contributed by atoms with Crippen LogP contribution in [0, 0.1) is 0 Å². The number of aryl methyl sites for hydroxylation is 2. The number of phenols is 2. The van der Waals surface area contributed by atoms with Crippen molar-refractivity contribution in [2.45, 2.75) is 26.7 Å². The molecule has 0 unspecified atom stereocenters. The van der Waals surface area contributed by atoms with Crippen molar-refractivity contribution < 1.29 is 36.4 Å². The molecule has 0 radical (unpaired) electrons. The number of para-hydroxylation sites is 2. The zero-order chi connectivity index (χ0) is 13.4. The molecule has 0 spiro atoms. The molecule has 3 heteroatoms. The van der Waals surface area contributed by atoms with Gasteiger partial charge < -0.3 is 10.2 Å². The maximum absolute atomic E-state index is 9.11. The first kappa shape index (κ1) is 17.9. The van der Waals surface area contributed by atoms with Gasteiger partial charge in [0.15, 0.2) is 0 Å². The summed E-state index contributed by atoms with van der Waals surface area (Å²) in [7, 11) is 0. The first-order chi connectivity index (χ1) is 8.69. The standard InChI is InChI=1S/2C8H10O.Zr/c2*1-2-7-5-3-4-6-8(7)9;/h2*3-6,9H,2H2,1H3;. The topological polar surface area (TPSA) is 40.5 Å². The van der Waals surface area contributed by atoms with Gasteiger partial charge in [0.25, 0.3) is 0 Å². The molecule has 0 atom stereocenters. The summed E-state index contributed by atoms with van der Waals surface area (Å²) < 4.78 is 0. The Kier molecular flexibility index (Phi) is 9.25. The number of benzene rings is 2. The van der Waals surface area contributed by atoms with Gasteiger partial charge in [-0.25, -0.2) is 0 Å². The Morgan fingerprint density at radius 3 is 1.21 bits per heavy atom. The van der Waals surface area contributed by atoms with Crippen LogP contribution in [0.25, 0.3) is 0 Å². The Bertz CT molecular complexity index is 438. The third-order valence-corrected chi connectivity index (χ3v) is 2.75. The molecule has 0 bridgehead atoms. The van der Waals surface area contributed by atoms with Crippen molar-refractivity contribution in [3.05, 3.63) is 59.7 Å². The van der Waals surface area contributed by atoms with Crippen molar-refractivity contribution >= 4 is 0 Å². The summed E-state index contributed by atoms with van der Waals surface area (Å²) in [4.78, 5) is 0. The zero-order valence-electron chi connectivity index (χ0n) is 11.4. The predicted octanol–water partition coefficient (Wildman–Crippen LogP) is 3.91. The van der Waals surface area contributed by atoms with E-state index in [1.807, 2.05) is 50.2 Å². The molecule has 2 rings (SSSR count). The number of rotatable bonds is 2. The largest absolute Gasteiger partial charge is 0.508 e. The van der Waals surface area contributed by atoms with Crippen LogP contribution in [0.3, 0.4) is 0 Å². The second kappa shape index (κ2) is 9.80. The molecular formula is C16H20O2Zr. The Morgan fingerprint density at radius 1 is 0.684 bits per heavy atom. The van der Waals surface area contributed by atoms with Crippen molar-refractivity contribution in [2.24, 2.45) is 0 Å². The first-order valence-corrected chi connectivity index (χ1v) is 6.22. The molecule has 2 aromatic carbocycles. The van der Waals surface area contributed by atoms with Gasteiger partial charge in [0.2, 0.25) is 0 Å². The van der Waals surface area contributed by atoms with Gasteiger partial charge in [0, 0.05) is 26.2 Å². The zero-order valence-corrected chi connectivity index (χ0v) is 13.9. The van der Waals surface area contributed by atoms with E-state index in [9.17, 15) is 0 Å². The molecule has 0 aliphatic carbocycles. The predicted molar refractivity (Wildman–Crippen MR) is 75.0 cm³/mol. The smallest absolute Gasteiger partial charge is 0.118 e. The minimum atomic E-state index is 0. The molecule has 2 nitrogen and oxygen atoms in total. The molecule has 0 saturated heterocycles.